The summed E-state index contributed by atoms with van der Waals surface area (Å²) in [6.45, 7) is 2.83. The molecule has 0 saturated heterocycles. The van der Waals surface area contributed by atoms with E-state index in [9.17, 15) is 0 Å². The number of rotatable bonds is 4. The number of halogens is 2. The summed E-state index contributed by atoms with van der Waals surface area (Å²) in [4.78, 5) is 5.99. The van der Waals surface area contributed by atoms with Crippen molar-refractivity contribution in [2.75, 3.05) is 0 Å². The van der Waals surface area contributed by atoms with E-state index in [1.807, 2.05) is 25.1 Å². The number of hydrogen-bond donors (Lipinski definition) is 0. The Morgan fingerprint density at radius 3 is 2.90 bits per heavy atom. The topological polar surface area (TPSA) is 17.8 Å². The van der Waals surface area contributed by atoms with Gasteiger partial charge in [-0.05, 0) is 43.0 Å². The molecular formula is C15H14Cl2N2S. The summed E-state index contributed by atoms with van der Waals surface area (Å²) in [7, 11) is 0. The number of aryl methyl sites for hydroxylation is 2. The number of thiophene rings is 1. The van der Waals surface area contributed by atoms with E-state index in [1.54, 1.807) is 11.3 Å². The molecule has 0 fully saturated rings. The molecule has 0 aliphatic carbocycles. The van der Waals surface area contributed by atoms with E-state index in [-0.39, 0.29) is 5.38 Å². The van der Waals surface area contributed by atoms with Crippen LogP contribution in [-0.2, 0) is 13.0 Å². The average molecular weight is 325 g/mol. The first-order valence-corrected chi connectivity index (χ1v) is 8.16. The fraction of sp³-hybridized carbons (Fsp3) is 0.267. The molecule has 0 spiro atoms. The maximum absolute atomic E-state index is 6.27. The van der Waals surface area contributed by atoms with E-state index >= 15 is 0 Å². The summed E-state index contributed by atoms with van der Waals surface area (Å²) in [5.41, 5.74) is 2.00. The second-order valence-electron chi connectivity index (χ2n) is 4.70. The maximum Gasteiger partial charge on any atom is 0.127 e. The van der Waals surface area contributed by atoms with E-state index in [2.05, 4.69) is 27.1 Å². The zero-order chi connectivity index (χ0) is 14.1. The molecule has 1 aromatic carbocycles. The molecule has 0 amide bonds. The highest BCUT2D eigenvalue weighted by molar-refractivity contribution is 7.09. The molecule has 0 N–H and O–H groups in total. The number of benzene rings is 1. The van der Waals surface area contributed by atoms with Gasteiger partial charge in [-0.25, -0.2) is 4.98 Å². The van der Waals surface area contributed by atoms with Crippen LogP contribution in [0.4, 0.5) is 0 Å². The predicted octanol–water partition coefficient (Wildman–Crippen LogP) is 5.29. The van der Waals surface area contributed by atoms with Crippen molar-refractivity contribution < 1.29 is 0 Å². The highest BCUT2D eigenvalue weighted by Gasteiger charge is 2.15. The van der Waals surface area contributed by atoms with Gasteiger partial charge >= 0.3 is 0 Å². The molecule has 2 aromatic heterocycles. The van der Waals surface area contributed by atoms with Crippen molar-refractivity contribution in [1.82, 2.24) is 9.55 Å². The lowest BCUT2D eigenvalue weighted by Gasteiger charge is -2.09. The smallest absolute Gasteiger partial charge is 0.127 e. The van der Waals surface area contributed by atoms with Crippen LogP contribution in [0.15, 0.2) is 35.7 Å². The van der Waals surface area contributed by atoms with E-state index in [4.69, 9.17) is 23.2 Å². The minimum Gasteiger partial charge on any atom is -0.326 e. The average Bonchev–Trinajstić information content (AvgIpc) is 3.02. The molecule has 0 saturated carbocycles. The number of alkyl halides is 1. The first-order chi connectivity index (χ1) is 9.65. The van der Waals surface area contributed by atoms with Gasteiger partial charge in [0.25, 0.3) is 0 Å². The Hall–Kier alpha value is -1.03. The molecule has 1 unspecified atom stereocenters. The van der Waals surface area contributed by atoms with Crippen LogP contribution in [0.2, 0.25) is 5.02 Å². The molecule has 5 heteroatoms. The van der Waals surface area contributed by atoms with Crippen molar-refractivity contribution in [1.29, 1.82) is 0 Å². The van der Waals surface area contributed by atoms with Gasteiger partial charge in [0.2, 0.25) is 0 Å². The number of imidazole rings is 1. The third-order valence-corrected chi connectivity index (χ3v) is 4.62. The standard InChI is InChI=1S/C15H14Cl2N2S/c1-10(16)15-18-13-9-11(17)4-5-14(13)19(15)7-6-12-3-2-8-20-12/h2-5,8-10H,6-7H2,1H3. The monoisotopic (exact) mass is 324 g/mol. The molecule has 0 aliphatic heterocycles. The fourth-order valence-corrected chi connectivity index (χ4v) is 3.37. The van der Waals surface area contributed by atoms with Gasteiger partial charge in [-0.2, -0.15) is 0 Å². The Bertz CT molecular complexity index is 717. The van der Waals surface area contributed by atoms with Gasteiger partial charge in [0.05, 0.1) is 16.4 Å². The van der Waals surface area contributed by atoms with Gasteiger partial charge in [0, 0.05) is 16.4 Å². The predicted molar refractivity (Wildman–Crippen MR) is 87.0 cm³/mol. The Morgan fingerprint density at radius 1 is 1.35 bits per heavy atom. The van der Waals surface area contributed by atoms with Gasteiger partial charge in [-0.15, -0.1) is 22.9 Å². The molecule has 0 radical (unpaired) electrons. The van der Waals surface area contributed by atoms with Gasteiger partial charge in [-0.3, -0.25) is 0 Å². The zero-order valence-corrected chi connectivity index (χ0v) is 13.3. The molecule has 2 heterocycles. The molecule has 20 heavy (non-hydrogen) atoms. The van der Waals surface area contributed by atoms with Crippen molar-refractivity contribution in [3.63, 3.8) is 0 Å². The van der Waals surface area contributed by atoms with Crippen LogP contribution in [0.25, 0.3) is 11.0 Å². The second kappa shape index (κ2) is 5.76. The molecule has 2 nitrogen and oxygen atoms in total. The third kappa shape index (κ3) is 2.71. The van der Waals surface area contributed by atoms with E-state index in [0.29, 0.717) is 5.02 Å². The summed E-state index contributed by atoms with van der Waals surface area (Å²) in [5, 5.41) is 2.69. The van der Waals surface area contributed by atoms with Gasteiger partial charge < -0.3 is 4.57 Å². The minimum atomic E-state index is -0.121. The molecule has 3 rings (SSSR count). The number of hydrogen-bond acceptors (Lipinski definition) is 2. The maximum atomic E-state index is 6.27. The molecule has 0 aliphatic rings. The summed E-state index contributed by atoms with van der Waals surface area (Å²) >= 11 is 14.1. The van der Waals surface area contributed by atoms with E-state index in [0.717, 1.165) is 29.8 Å². The second-order valence-corrected chi connectivity index (χ2v) is 6.82. The summed E-state index contributed by atoms with van der Waals surface area (Å²) in [6, 6.07) is 10.0. The van der Waals surface area contributed by atoms with Crippen LogP contribution >= 0.6 is 34.5 Å². The van der Waals surface area contributed by atoms with Crippen LogP contribution in [0, 0.1) is 0 Å². The lowest BCUT2D eigenvalue weighted by Crippen LogP contribution is -2.06. The first kappa shape index (κ1) is 13.9. The molecule has 104 valence electrons. The number of fused-ring (bicyclic) bond motifs is 1. The highest BCUT2D eigenvalue weighted by Crippen LogP contribution is 2.27. The SMILES string of the molecule is CC(Cl)c1nc2cc(Cl)ccc2n1CCc1cccs1. The Labute approximate surface area is 132 Å². The van der Waals surface area contributed by atoms with Crippen LogP contribution in [0.5, 0.6) is 0 Å². The quantitative estimate of drug-likeness (QED) is 0.596. The normalized spacial score (nSPS) is 12.9. The lowest BCUT2D eigenvalue weighted by atomic mass is 10.3. The van der Waals surface area contributed by atoms with Crippen LogP contribution < -0.4 is 0 Å². The zero-order valence-electron chi connectivity index (χ0n) is 11.0. The van der Waals surface area contributed by atoms with Gasteiger partial charge in [0.1, 0.15) is 5.82 Å². The Morgan fingerprint density at radius 2 is 2.20 bits per heavy atom. The van der Waals surface area contributed by atoms with Crippen molar-refractivity contribution >= 4 is 45.6 Å². The summed E-state index contributed by atoms with van der Waals surface area (Å²) in [5.74, 6) is 0.903. The summed E-state index contributed by atoms with van der Waals surface area (Å²) in [6.07, 6.45) is 0.988. The lowest BCUT2D eigenvalue weighted by molar-refractivity contribution is 0.672. The van der Waals surface area contributed by atoms with Crippen LogP contribution in [0.3, 0.4) is 0 Å². The minimum absolute atomic E-state index is 0.121. The largest absolute Gasteiger partial charge is 0.326 e. The Kier molecular flexibility index (Phi) is 4.01. The molecule has 0 bridgehead atoms. The Balaban J connectivity index is 2.00. The van der Waals surface area contributed by atoms with Crippen molar-refractivity contribution in [2.24, 2.45) is 0 Å². The fourth-order valence-electron chi connectivity index (χ4n) is 2.34. The highest BCUT2D eigenvalue weighted by atomic mass is 35.5. The molecular weight excluding hydrogens is 311 g/mol. The van der Waals surface area contributed by atoms with E-state index in [1.165, 1.54) is 4.88 Å². The van der Waals surface area contributed by atoms with Crippen LogP contribution in [0.1, 0.15) is 23.0 Å². The first-order valence-electron chi connectivity index (χ1n) is 6.47. The van der Waals surface area contributed by atoms with Crippen molar-refractivity contribution in [3.05, 3.63) is 51.4 Å². The van der Waals surface area contributed by atoms with Crippen LogP contribution in [-0.4, -0.2) is 9.55 Å². The van der Waals surface area contributed by atoms with E-state index < -0.39 is 0 Å². The third-order valence-electron chi connectivity index (χ3n) is 3.26. The number of aromatic nitrogens is 2. The number of nitrogens with zero attached hydrogens (tertiary/aromatic N) is 2. The van der Waals surface area contributed by atoms with Gasteiger partial charge in [-0.1, -0.05) is 17.7 Å². The van der Waals surface area contributed by atoms with Gasteiger partial charge in [0.15, 0.2) is 0 Å². The van der Waals surface area contributed by atoms with Crippen molar-refractivity contribution in [2.45, 2.75) is 25.3 Å². The van der Waals surface area contributed by atoms with Crippen molar-refractivity contribution in [3.8, 4) is 0 Å². The summed E-state index contributed by atoms with van der Waals surface area (Å²) < 4.78 is 2.20. The molecule has 1 atom stereocenters. The molecule has 3 aromatic rings.